The van der Waals surface area contributed by atoms with Gasteiger partial charge in [-0.2, -0.15) is 5.10 Å². The van der Waals surface area contributed by atoms with E-state index in [2.05, 4.69) is 35.5 Å². The molecule has 1 saturated carbocycles. The van der Waals surface area contributed by atoms with Gasteiger partial charge in [-0.1, -0.05) is 19.3 Å². The van der Waals surface area contributed by atoms with Gasteiger partial charge in [0.05, 0.1) is 40.5 Å². The van der Waals surface area contributed by atoms with Crippen molar-refractivity contribution in [2.24, 2.45) is 5.92 Å². The summed E-state index contributed by atoms with van der Waals surface area (Å²) in [6.45, 7) is 1.13. The molecule has 0 radical (unpaired) electrons. The molecule has 1 fully saturated rings. The van der Waals surface area contributed by atoms with Gasteiger partial charge < -0.3 is 19.9 Å². The van der Waals surface area contributed by atoms with E-state index in [0.29, 0.717) is 58.6 Å². The summed E-state index contributed by atoms with van der Waals surface area (Å²) in [5.41, 5.74) is 5.82. The minimum atomic E-state index is -0.419. The molecule has 3 N–H and O–H groups in total. The molecular weight excluding hydrogens is 585 g/mol. The van der Waals surface area contributed by atoms with Gasteiger partial charge in [0, 0.05) is 47.4 Å². The van der Waals surface area contributed by atoms with Crippen LogP contribution in [0.1, 0.15) is 32.1 Å². The van der Waals surface area contributed by atoms with E-state index in [1.807, 2.05) is 37.2 Å². The summed E-state index contributed by atoms with van der Waals surface area (Å²) in [6, 6.07) is 10.2. The van der Waals surface area contributed by atoms with Crippen LogP contribution >= 0.6 is 0 Å². The Bertz CT molecular complexity index is 2030. The van der Waals surface area contributed by atoms with E-state index in [9.17, 15) is 9.18 Å². The lowest BCUT2D eigenvalue weighted by atomic mass is 9.88. The minimum absolute atomic E-state index is 0.0456. The molecule has 7 rings (SSSR count). The van der Waals surface area contributed by atoms with Crippen LogP contribution < -0.4 is 10.1 Å². The number of imidazole rings is 1. The van der Waals surface area contributed by atoms with Crippen LogP contribution in [-0.4, -0.2) is 73.2 Å². The molecule has 0 aliphatic heterocycles. The van der Waals surface area contributed by atoms with Crippen molar-refractivity contribution in [1.29, 1.82) is 0 Å². The number of fused-ring (bicyclic) bond motifs is 2. The maximum absolute atomic E-state index is 14.7. The second kappa shape index (κ2) is 12.6. The molecule has 0 atom stereocenters. The molecule has 1 amide bonds. The number of halogens is 1. The van der Waals surface area contributed by atoms with Gasteiger partial charge in [-0.15, -0.1) is 0 Å². The van der Waals surface area contributed by atoms with E-state index < -0.39 is 5.82 Å². The van der Waals surface area contributed by atoms with Crippen molar-refractivity contribution in [3.05, 3.63) is 67.0 Å². The maximum Gasteiger partial charge on any atom is 0.227 e. The van der Waals surface area contributed by atoms with Crippen molar-refractivity contribution in [2.45, 2.75) is 32.1 Å². The lowest BCUT2D eigenvalue weighted by Crippen LogP contribution is -2.24. The lowest BCUT2D eigenvalue weighted by molar-refractivity contribution is -0.120. The molecule has 0 bridgehead atoms. The highest BCUT2D eigenvalue weighted by atomic mass is 19.1. The molecule has 11 nitrogen and oxygen atoms in total. The third-order valence-corrected chi connectivity index (χ3v) is 8.30. The number of anilines is 1. The number of hydrogen-bond donors (Lipinski definition) is 3. The fourth-order valence-corrected chi connectivity index (χ4v) is 5.90. The summed E-state index contributed by atoms with van der Waals surface area (Å²) >= 11 is 0. The third-order valence-electron chi connectivity index (χ3n) is 8.30. The van der Waals surface area contributed by atoms with Crippen LogP contribution in [-0.2, 0) is 4.79 Å². The monoisotopic (exact) mass is 619 g/mol. The first-order valence-corrected chi connectivity index (χ1v) is 15.5. The van der Waals surface area contributed by atoms with Crippen LogP contribution in [0, 0.1) is 11.7 Å². The van der Waals surface area contributed by atoms with Gasteiger partial charge in [0.25, 0.3) is 0 Å². The molecule has 5 heterocycles. The van der Waals surface area contributed by atoms with Gasteiger partial charge in [-0.05, 0) is 57.3 Å². The highest BCUT2D eigenvalue weighted by Gasteiger charge is 2.22. The normalized spacial score (nSPS) is 13.9. The average Bonchev–Trinajstić information content (AvgIpc) is 3.69. The quantitative estimate of drug-likeness (QED) is 0.173. The predicted molar refractivity (Wildman–Crippen MR) is 175 cm³/mol. The first kappa shape index (κ1) is 29.5. The summed E-state index contributed by atoms with van der Waals surface area (Å²) in [6.07, 6.45) is 12.0. The van der Waals surface area contributed by atoms with Crippen molar-refractivity contribution in [1.82, 2.24) is 40.0 Å². The van der Waals surface area contributed by atoms with Crippen molar-refractivity contribution < 1.29 is 13.9 Å². The van der Waals surface area contributed by atoms with Crippen LogP contribution in [0.3, 0.4) is 0 Å². The van der Waals surface area contributed by atoms with Gasteiger partial charge in [-0.3, -0.25) is 24.8 Å². The molecule has 46 heavy (non-hydrogen) atoms. The molecule has 6 aromatic rings. The number of pyridine rings is 3. The van der Waals surface area contributed by atoms with E-state index in [-0.39, 0.29) is 11.8 Å². The van der Waals surface area contributed by atoms with E-state index in [1.165, 1.54) is 18.6 Å². The fraction of sp³-hybridized carbons (Fsp3) is 0.294. The number of nitrogens with one attached hydrogen (secondary N) is 3. The lowest BCUT2D eigenvalue weighted by Gasteiger charge is -2.20. The number of nitrogens with zero attached hydrogens (tertiary/aromatic N) is 6. The van der Waals surface area contributed by atoms with Crippen molar-refractivity contribution in [3.8, 4) is 39.8 Å². The second-order valence-corrected chi connectivity index (χ2v) is 11.9. The Morgan fingerprint density at radius 3 is 2.72 bits per heavy atom. The molecule has 12 heteroatoms. The maximum atomic E-state index is 14.7. The Morgan fingerprint density at radius 1 is 1.00 bits per heavy atom. The fourth-order valence-electron chi connectivity index (χ4n) is 5.90. The molecule has 0 saturated heterocycles. The summed E-state index contributed by atoms with van der Waals surface area (Å²) in [4.78, 5) is 36.6. The zero-order chi connectivity index (χ0) is 31.6. The molecule has 0 unspecified atom stereocenters. The molecule has 5 aromatic heterocycles. The number of rotatable bonds is 9. The second-order valence-electron chi connectivity index (χ2n) is 11.9. The number of hydrogen-bond acceptors (Lipinski definition) is 8. The predicted octanol–water partition coefficient (Wildman–Crippen LogP) is 6.22. The van der Waals surface area contributed by atoms with E-state index in [4.69, 9.17) is 9.72 Å². The number of ether oxygens (including phenoxy) is 1. The van der Waals surface area contributed by atoms with Crippen molar-refractivity contribution in [2.75, 3.05) is 32.6 Å². The van der Waals surface area contributed by atoms with Crippen LogP contribution in [0.5, 0.6) is 5.75 Å². The SMILES string of the molecule is CN(C)CCOc1cc(F)cc(-c2nccc3[nH]c(-c4n[nH]c5cnc(-c6cncc(NC(=O)C7CCCCC7)c6)cc45)nc23)c1. The topological polar surface area (TPSA) is 138 Å². The highest BCUT2D eigenvalue weighted by molar-refractivity contribution is 5.97. The number of amides is 1. The van der Waals surface area contributed by atoms with E-state index >= 15 is 0 Å². The number of carbonyl (C=O) groups excluding carboxylic acids is 1. The zero-order valence-electron chi connectivity index (χ0n) is 25.7. The van der Waals surface area contributed by atoms with Gasteiger partial charge in [-0.25, -0.2) is 9.37 Å². The summed E-state index contributed by atoms with van der Waals surface area (Å²) in [5, 5.41) is 11.4. The number of aromatic nitrogens is 7. The molecule has 0 spiro atoms. The van der Waals surface area contributed by atoms with Gasteiger partial charge >= 0.3 is 0 Å². The number of likely N-dealkylation sites (N-methyl/N-ethyl adjacent to an activating group) is 1. The smallest absolute Gasteiger partial charge is 0.227 e. The molecule has 1 aliphatic rings. The Hall–Kier alpha value is -5.23. The van der Waals surface area contributed by atoms with Crippen LogP contribution in [0.25, 0.3) is 56.0 Å². The first-order valence-electron chi connectivity index (χ1n) is 15.5. The van der Waals surface area contributed by atoms with Crippen LogP contribution in [0.2, 0.25) is 0 Å². The van der Waals surface area contributed by atoms with E-state index in [1.54, 1.807) is 30.9 Å². The summed E-state index contributed by atoms with van der Waals surface area (Å²) in [7, 11) is 3.91. The van der Waals surface area contributed by atoms with Gasteiger partial charge in [0.15, 0.2) is 5.82 Å². The molecule has 234 valence electrons. The number of aromatic amines is 2. The Balaban J connectivity index is 1.19. The molecule has 1 aromatic carbocycles. The molecular formula is C34H34FN9O2. The Kier molecular flexibility index (Phi) is 8.10. The molecule has 1 aliphatic carbocycles. The van der Waals surface area contributed by atoms with Crippen molar-refractivity contribution in [3.63, 3.8) is 0 Å². The standard InChI is InChI=1S/C34H34FN9O2/c1-44(2)10-11-46-25-14-21(12-23(35)15-25)30-32-27(8-9-37-30)40-33(41-32)31-26-16-28(38-19-29(26)42-43-31)22-13-24(18-36-17-22)39-34(45)20-6-4-3-5-7-20/h8-9,12-20H,3-7,10-11H2,1-2H3,(H,39,45)(H,40,41)(H,42,43). The summed E-state index contributed by atoms with van der Waals surface area (Å²) in [5.74, 6) is 0.626. The minimum Gasteiger partial charge on any atom is -0.492 e. The van der Waals surface area contributed by atoms with Gasteiger partial charge in [0.1, 0.15) is 29.4 Å². The Labute approximate surface area is 264 Å². The zero-order valence-corrected chi connectivity index (χ0v) is 25.7. The van der Waals surface area contributed by atoms with Gasteiger partial charge in [0.2, 0.25) is 5.91 Å². The first-order chi connectivity index (χ1) is 22.4. The number of carbonyl (C=O) groups is 1. The van der Waals surface area contributed by atoms with Crippen LogP contribution in [0.15, 0.2) is 61.2 Å². The van der Waals surface area contributed by atoms with Crippen molar-refractivity contribution >= 4 is 33.5 Å². The third kappa shape index (κ3) is 6.16. The number of benzene rings is 1. The highest BCUT2D eigenvalue weighted by Crippen LogP contribution is 2.33. The van der Waals surface area contributed by atoms with E-state index in [0.717, 1.165) is 47.7 Å². The largest absolute Gasteiger partial charge is 0.492 e. The summed E-state index contributed by atoms with van der Waals surface area (Å²) < 4.78 is 20.5. The average molecular weight is 620 g/mol. The number of H-pyrrole nitrogens is 2. The van der Waals surface area contributed by atoms with Crippen LogP contribution in [0.4, 0.5) is 10.1 Å². The Morgan fingerprint density at radius 2 is 1.87 bits per heavy atom.